The number of carbonyl (C=O) groups is 2. The fraction of sp³-hybridized carbons (Fsp3) is 0.875. The van der Waals surface area contributed by atoms with Gasteiger partial charge >= 0.3 is 0 Å². The minimum atomic E-state index is -0.196. The van der Waals surface area contributed by atoms with Crippen LogP contribution in [0, 0.1) is 17.8 Å². The van der Waals surface area contributed by atoms with E-state index in [0.717, 1.165) is 38.8 Å². The summed E-state index contributed by atoms with van der Waals surface area (Å²) < 4.78 is 0. The highest BCUT2D eigenvalue weighted by Gasteiger charge is 2.27. The topological polar surface area (TPSA) is 84.2 Å². The van der Waals surface area contributed by atoms with Crippen molar-refractivity contribution >= 4 is 11.8 Å². The molecule has 2 unspecified atom stereocenters. The Kier molecular flexibility index (Phi) is 6.03. The first-order chi connectivity index (χ1) is 10.1. The summed E-state index contributed by atoms with van der Waals surface area (Å²) >= 11 is 0. The lowest BCUT2D eigenvalue weighted by atomic mass is 9.84. The third-order valence-electron chi connectivity index (χ3n) is 5.14. The molecule has 4 N–H and O–H groups in total. The van der Waals surface area contributed by atoms with Crippen LogP contribution >= 0.6 is 0 Å². The van der Waals surface area contributed by atoms with Gasteiger partial charge in [0.25, 0.3) is 0 Å². The first kappa shape index (κ1) is 16.3. The van der Waals surface area contributed by atoms with Crippen LogP contribution in [-0.2, 0) is 9.59 Å². The number of rotatable bonds is 5. The zero-order valence-electron chi connectivity index (χ0n) is 13.1. The average molecular weight is 295 g/mol. The highest BCUT2D eigenvalue weighted by Crippen LogP contribution is 2.25. The predicted octanol–water partition coefficient (Wildman–Crippen LogP) is 1.17. The van der Waals surface area contributed by atoms with E-state index in [1.54, 1.807) is 0 Å². The lowest BCUT2D eigenvalue weighted by molar-refractivity contribution is -0.123. The fourth-order valence-corrected chi connectivity index (χ4v) is 3.63. The van der Waals surface area contributed by atoms with Crippen LogP contribution in [0.15, 0.2) is 0 Å². The number of piperidine rings is 1. The number of primary amides is 1. The number of nitrogens with one attached hydrogen (secondary N) is 2. The van der Waals surface area contributed by atoms with Crippen LogP contribution in [-0.4, -0.2) is 30.9 Å². The lowest BCUT2D eigenvalue weighted by Crippen LogP contribution is -2.41. The third kappa shape index (κ3) is 4.99. The monoisotopic (exact) mass is 295 g/mol. The van der Waals surface area contributed by atoms with E-state index in [1.165, 1.54) is 12.8 Å². The minimum Gasteiger partial charge on any atom is -0.369 e. The second-order valence-corrected chi connectivity index (χ2v) is 6.81. The molecule has 0 spiro atoms. The van der Waals surface area contributed by atoms with Crippen molar-refractivity contribution in [2.75, 3.05) is 13.1 Å². The highest BCUT2D eigenvalue weighted by atomic mass is 16.2. The zero-order valence-corrected chi connectivity index (χ0v) is 13.1. The first-order valence-electron chi connectivity index (χ1n) is 8.35. The van der Waals surface area contributed by atoms with Crippen molar-refractivity contribution in [1.29, 1.82) is 0 Å². The van der Waals surface area contributed by atoms with E-state index >= 15 is 0 Å². The first-order valence-corrected chi connectivity index (χ1v) is 8.35. The number of carbonyl (C=O) groups excluding carboxylic acids is 2. The second kappa shape index (κ2) is 7.78. The molecule has 0 radical (unpaired) electrons. The van der Waals surface area contributed by atoms with Gasteiger partial charge in [-0.1, -0.05) is 6.92 Å². The van der Waals surface area contributed by atoms with Gasteiger partial charge in [0.2, 0.25) is 11.8 Å². The Morgan fingerprint density at radius 2 is 1.95 bits per heavy atom. The molecule has 0 aromatic heterocycles. The van der Waals surface area contributed by atoms with Gasteiger partial charge in [0.05, 0.1) is 0 Å². The summed E-state index contributed by atoms with van der Waals surface area (Å²) in [5.41, 5.74) is 5.33. The van der Waals surface area contributed by atoms with Crippen molar-refractivity contribution in [2.45, 2.75) is 57.9 Å². The molecule has 120 valence electrons. The maximum absolute atomic E-state index is 12.2. The van der Waals surface area contributed by atoms with E-state index < -0.39 is 0 Å². The normalized spacial score (nSPS) is 31.4. The van der Waals surface area contributed by atoms with E-state index in [1.807, 2.05) is 0 Å². The maximum Gasteiger partial charge on any atom is 0.220 e. The van der Waals surface area contributed by atoms with Gasteiger partial charge in [0.1, 0.15) is 0 Å². The summed E-state index contributed by atoms with van der Waals surface area (Å²) in [7, 11) is 0. The maximum atomic E-state index is 12.2. The molecule has 21 heavy (non-hydrogen) atoms. The molecule has 5 nitrogen and oxygen atoms in total. The quantitative estimate of drug-likeness (QED) is 0.712. The Hall–Kier alpha value is -1.10. The van der Waals surface area contributed by atoms with Crippen molar-refractivity contribution in [3.05, 3.63) is 0 Å². The van der Waals surface area contributed by atoms with Crippen LogP contribution in [0.1, 0.15) is 51.9 Å². The SMILES string of the molecule is CC(CC(=O)NC1CCC(C(N)=O)CC1)C1CCCNC1. The van der Waals surface area contributed by atoms with Crippen LogP contribution in [0.3, 0.4) is 0 Å². The molecule has 1 saturated heterocycles. The lowest BCUT2D eigenvalue weighted by Gasteiger charge is -2.30. The van der Waals surface area contributed by atoms with Crippen molar-refractivity contribution < 1.29 is 9.59 Å². The van der Waals surface area contributed by atoms with Gasteiger partial charge in [-0.25, -0.2) is 0 Å². The molecule has 2 aliphatic rings. The Morgan fingerprint density at radius 3 is 2.52 bits per heavy atom. The molecule has 0 aromatic rings. The highest BCUT2D eigenvalue weighted by molar-refractivity contribution is 5.77. The summed E-state index contributed by atoms with van der Waals surface area (Å²) in [6.45, 7) is 4.33. The average Bonchev–Trinajstić information content (AvgIpc) is 2.48. The van der Waals surface area contributed by atoms with Crippen LogP contribution in [0.5, 0.6) is 0 Å². The van der Waals surface area contributed by atoms with Crippen LogP contribution in [0.25, 0.3) is 0 Å². The molecule has 1 heterocycles. The van der Waals surface area contributed by atoms with Gasteiger partial charge < -0.3 is 16.4 Å². The number of nitrogens with two attached hydrogens (primary N) is 1. The summed E-state index contributed by atoms with van der Waals surface area (Å²) in [4.78, 5) is 23.3. The summed E-state index contributed by atoms with van der Waals surface area (Å²) in [6.07, 6.45) is 6.42. The Labute approximate surface area is 127 Å². The van der Waals surface area contributed by atoms with Gasteiger partial charge in [-0.15, -0.1) is 0 Å². The molecule has 2 amide bonds. The van der Waals surface area contributed by atoms with E-state index in [4.69, 9.17) is 5.73 Å². The molecular formula is C16H29N3O2. The molecular weight excluding hydrogens is 266 g/mol. The molecule has 1 aliphatic carbocycles. The molecule has 2 atom stereocenters. The minimum absolute atomic E-state index is 0.00499. The van der Waals surface area contributed by atoms with Crippen LogP contribution in [0.4, 0.5) is 0 Å². The van der Waals surface area contributed by atoms with E-state index in [-0.39, 0.29) is 23.8 Å². The molecule has 2 fully saturated rings. The van der Waals surface area contributed by atoms with Gasteiger partial charge in [-0.05, 0) is 63.5 Å². The number of hydrogen-bond acceptors (Lipinski definition) is 3. The van der Waals surface area contributed by atoms with Crippen molar-refractivity contribution in [1.82, 2.24) is 10.6 Å². The largest absolute Gasteiger partial charge is 0.369 e. The zero-order chi connectivity index (χ0) is 15.2. The van der Waals surface area contributed by atoms with Crippen molar-refractivity contribution in [2.24, 2.45) is 23.5 Å². The van der Waals surface area contributed by atoms with Crippen LogP contribution in [0.2, 0.25) is 0 Å². The molecule has 1 aliphatic heterocycles. The number of amides is 2. The second-order valence-electron chi connectivity index (χ2n) is 6.81. The molecule has 2 rings (SSSR count). The third-order valence-corrected chi connectivity index (χ3v) is 5.14. The molecule has 0 bridgehead atoms. The summed E-state index contributed by atoms with van der Waals surface area (Å²) in [5.74, 6) is 1.02. The summed E-state index contributed by atoms with van der Waals surface area (Å²) in [5, 5.41) is 6.55. The van der Waals surface area contributed by atoms with Gasteiger partial charge in [0.15, 0.2) is 0 Å². The van der Waals surface area contributed by atoms with Crippen molar-refractivity contribution in [3.8, 4) is 0 Å². The van der Waals surface area contributed by atoms with Gasteiger partial charge in [0, 0.05) is 18.4 Å². The smallest absolute Gasteiger partial charge is 0.220 e. The fourth-order valence-electron chi connectivity index (χ4n) is 3.63. The van der Waals surface area contributed by atoms with Gasteiger partial charge in [-0.2, -0.15) is 0 Å². The molecule has 1 saturated carbocycles. The standard InChI is InChI=1S/C16H29N3O2/c1-11(13-3-2-8-18-10-13)9-15(20)19-14-6-4-12(5-7-14)16(17)21/h11-14,18H,2-10H2,1H3,(H2,17,21)(H,19,20). The van der Waals surface area contributed by atoms with Gasteiger partial charge in [-0.3, -0.25) is 9.59 Å². The predicted molar refractivity (Wildman–Crippen MR) is 82.5 cm³/mol. The molecule has 5 heteroatoms. The Bertz CT molecular complexity index is 359. The Morgan fingerprint density at radius 1 is 1.24 bits per heavy atom. The molecule has 0 aromatic carbocycles. The van der Waals surface area contributed by atoms with E-state index in [9.17, 15) is 9.59 Å². The van der Waals surface area contributed by atoms with E-state index in [2.05, 4.69) is 17.6 Å². The summed E-state index contributed by atoms with van der Waals surface area (Å²) in [6, 6.07) is 0.227. The van der Waals surface area contributed by atoms with E-state index in [0.29, 0.717) is 18.3 Å². The Balaban J connectivity index is 1.68. The van der Waals surface area contributed by atoms with Crippen molar-refractivity contribution in [3.63, 3.8) is 0 Å². The number of hydrogen-bond donors (Lipinski definition) is 3. The van der Waals surface area contributed by atoms with Crippen LogP contribution < -0.4 is 16.4 Å².